The van der Waals surface area contributed by atoms with Crippen LogP contribution in [0.2, 0.25) is 5.02 Å². The molecule has 1 aromatic heterocycles. The van der Waals surface area contributed by atoms with Gasteiger partial charge in [0.05, 0.1) is 22.7 Å². The Hall–Kier alpha value is -1.63. The molecule has 1 aromatic carbocycles. The highest BCUT2D eigenvalue weighted by atomic mass is 35.5. The van der Waals surface area contributed by atoms with Crippen LogP contribution in [0.5, 0.6) is 5.75 Å². The molecular weight excluding hydrogens is 340 g/mol. The van der Waals surface area contributed by atoms with E-state index in [1.54, 1.807) is 32.4 Å². The van der Waals surface area contributed by atoms with Crippen LogP contribution in [0.4, 0.5) is 0 Å². The molecule has 4 nitrogen and oxygen atoms in total. The molecule has 0 spiro atoms. The van der Waals surface area contributed by atoms with E-state index in [-0.39, 0.29) is 5.91 Å². The number of thioether (sulfide) groups is 1. The minimum atomic E-state index is -0.116. The zero-order valence-corrected chi connectivity index (χ0v) is 14.2. The predicted octanol–water partition coefficient (Wildman–Crippen LogP) is 3.73. The van der Waals surface area contributed by atoms with Gasteiger partial charge < -0.3 is 4.74 Å². The number of halogens is 1. The van der Waals surface area contributed by atoms with Crippen molar-refractivity contribution in [3.05, 3.63) is 39.9 Å². The summed E-state index contributed by atoms with van der Waals surface area (Å²) in [7, 11) is 3.24. The number of likely N-dealkylation sites (N-methyl/N-ethyl adjacent to an activating group) is 1. The molecule has 1 fully saturated rings. The summed E-state index contributed by atoms with van der Waals surface area (Å²) in [6.45, 7) is 0. The Labute approximate surface area is 142 Å². The smallest absolute Gasteiger partial charge is 0.265 e. The number of aromatic nitrogens is 1. The number of hydrogen-bond acceptors (Lipinski definition) is 5. The van der Waals surface area contributed by atoms with Crippen molar-refractivity contribution in [2.24, 2.45) is 0 Å². The predicted molar refractivity (Wildman–Crippen MR) is 94.2 cm³/mol. The largest absolute Gasteiger partial charge is 0.494 e. The summed E-state index contributed by atoms with van der Waals surface area (Å²) < 4.78 is 5.86. The lowest BCUT2D eigenvalue weighted by molar-refractivity contribution is -0.121. The molecule has 0 atom stereocenters. The Morgan fingerprint density at radius 2 is 2.14 bits per heavy atom. The first-order chi connectivity index (χ1) is 10.5. The molecule has 0 radical (unpaired) electrons. The first kappa shape index (κ1) is 15.3. The molecule has 0 unspecified atom stereocenters. The standard InChI is InChI=1S/C15H11ClN2O2S2/c1-18-14(19)12(22-15(18)21)7-8-3-4-9-10(16)5-6-11(20-2)13(9)17-8/h3-7H,1-2H3. The van der Waals surface area contributed by atoms with Crippen molar-refractivity contribution in [3.63, 3.8) is 0 Å². The molecule has 22 heavy (non-hydrogen) atoms. The highest BCUT2D eigenvalue weighted by Crippen LogP contribution is 2.33. The molecule has 1 amide bonds. The van der Waals surface area contributed by atoms with Gasteiger partial charge in [0, 0.05) is 12.4 Å². The van der Waals surface area contributed by atoms with Crippen molar-refractivity contribution in [2.75, 3.05) is 14.2 Å². The number of ether oxygens (including phenoxy) is 1. The first-order valence-electron chi connectivity index (χ1n) is 6.36. The maximum atomic E-state index is 12.0. The van der Waals surface area contributed by atoms with E-state index < -0.39 is 0 Å². The Morgan fingerprint density at radius 3 is 2.77 bits per heavy atom. The van der Waals surface area contributed by atoms with Crippen LogP contribution in [0.25, 0.3) is 17.0 Å². The van der Waals surface area contributed by atoms with Crippen molar-refractivity contribution < 1.29 is 9.53 Å². The zero-order chi connectivity index (χ0) is 15.9. The van der Waals surface area contributed by atoms with Crippen LogP contribution < -0.4 is 4.74 Å². The van der Waals surface area contributed by atoms with E-state index in [2.05, 4.69) is 4.98 Å². The molecular formula is C15H11ClN2O2S2. The van der Waals surface area contributed by atoms with Crippen LogP contribution in [-0.4, -0.2) is 34.3 Å². The van der Waals surface area contributed by atoms with Gasteiger partial charge in [0.2, 0.25) is 0 Å². The number of amides is 1. The van der Waals surface area contributed by atoms with Gasteiger partial charge >= 0.3 is 0 Å². The molecule has 1 saturated heterocycles. The lowest BCUT2D eigenvalue weighted by Crippen LogP contribution is -2.22. The number of fused-ring (bicyclic) bond motifs is 1. The number of hydrogen-bond donors (Lipinski definition) is 0. The van der Waals surface area contributed by atoms with E-state index in [0.717, 1.165) is 5.39 Å². The lowest BCUT2D eigenvalue weighted by Gasteiger charge is -2.07. The van der Waals surface area contributed by atoms with Gasteiger partial charge in [-0.05, 0) is 30.3 Å². The second kappa shape index (κ2) is 5.87. The third kappa shape index (κ3) is 2.58. The summed E-state index contributed by atoms with van der Waals surface area (Å²) in [4.78, 5) is 18.6. The molecule has 0 bridgehead atoms. The highest BCUT2D eigenvalue weighted by Gasteiger charge is 2.28. The van der Waals surface area contributed by atoms with Gasteiger partial charge in [-0.2, -0.15) is 0 Å². The van der Waals surface area contributed by atoms with Gasteiger partial charge in [-0.15, -0.1) is 0 Å². The van der Waals surface area contributed by atoms with Crippen molar-refractivity contribution in [3.8, 4) is 5.75 Å². The maximum absolute atomic E-state index is 12.0. The number of carbonyl (C=O) groups excluding carboxylic acids is 1. The van der Waals surface area contributed by atoms with Gasteiger partial charge in [0.15, 0.2) is 0 Å². The van der Waals surface area contributed by atoms with Crippen molar-refractivity contribution >= 4 is 62.8 Å². The van der Waals surface area contributed by atoms with Gasteiger partial charge in [0.1, 0.15) is 15.6 Å². The van der Waals surface area contributed by atoms with Crippen LogP contribution in [-0.2, 0) is 4.79 Å². The minimum Gasteiger partial charge on any atom is -0.494 e. The number of thiocarbonyl (C=S) groups is 1. The van der Waals surface area contributed by atoms with Crippen LogP contribution in [0.15, 0.2) is 29.2 Å². The maximum Gasteiger partial charge on any atom is 0.265 e. The summed E-state index contributed by atoms with van der Waals surface area (Å²) in [5.74, 6) is 0.521. The minimum absolute atomic E-state index is 0.116. The van der Waals surface area contributed by atoms with E-state index in [1.807, 2.05) is 12.1 Å². The van der Waals surface area contributed by atoms with E-state index in [1.165, 1.54) is 16.7 Å². The summed E-state index contributed by atoms with van der Waals surface area (Å²) in [6, 6.07) is 7.22. The van der Waals surface area contributed by atoms with Crippen LogP contribution >= 0.6 is 35.6 Å². The molecule has 3 rings (SSSR count). The molecule has 0 saturated carbocycles. The van der Waals surface area contributed by atoms with E-state index in [0.29, 0.717) is 31.2 Å². The number of rotatable bonds is 2. The number of methoxy groups -OCH3 is 1. The zero-order valence-electron chi connectivity index (χ0n) is 11.8. The number of carbonyl (C=O) groups is 1. The normalized spacial score (nSPS) is 16.9. The highest BCUT2D eigenvalue weighted by molar-refractivity contribution is 8.26. The van der Waals surface area contributed by atoms with Crippen molar-refractivity contribution in [1.29, 1.82) is 0 Å². The Bertz CT molecular complexity index is 836. The quantitative estimate of drug-likeness (QED) is 0.610. The molecule has 112 valence electrons. The van der Waals surface area contributed by atoms with Crippen LogP contribution in [0.3, 0.4) is 0 Å². The molecule has 1 aliphatic rings. The summed E-state index contributed by atoms with van der Waals surface area (Å²) >= 11 is 12.6. The summed E-state index contributed by atoms with van der Waals surface area (Å²) in [5.41, 5.74) is 1.32. The summed E-state index contributed by atoms with van der Waals surface area (Å²) in [6.07, 6.45) is 1.72. The topological polar surface area (TPSA) is 42.4 Å². The Kier molecular flexibility index (Phi) is 4.08. The monoisotopic (exact) mass is 350 g/mol. The van der Waals surface area contributed by atoms with Gasteiger partial charge in [-0.25, -0.2) is 4.98 Å². The second-order valence-corrected chi connectivity index (χ2v) is 6.71. The Balaban J connectivity index is 2.10. The fraction of sp³-hybridized carbons (Fsp3) is 0.133. The Morgan fingerprint density at radius 1 is 1.36 bits per heavy atom. The molecule has 7 heteroatoms. The summed E-state index contributed by atoms with van der Waals surface area (Å²) in [5, 5.41) is 1.41. The van der Waals surface area contributed by atoms with Gasteiger partial charge in [-0.3, -0.25) is 9.69 Å². The number of benzene rings is 1. The molecule has 1 aliphatic heterocycles. The first-order valence-corrected chi connectivity index (χ1v) is 7.96. The second-order valence-electron chi connectivity index (χ2n) is 4.62. The molecule has 0 N–H and O–H groups in total. The number of nitrogens with zero attached hydrogens (tertiary/aromatic N) is 2. The van der Waals surface area contributed by atoms with E-state index in [4.69, 9.17) is 28.6 Å². The third-order valence-electron chi connectivity index (χ3n) is 3.27. The number of pyridine rings is 1. The van der Waals surface area contributed by atoms with Crippen LogP contribution in [0.1, 0.15) is 5.69 Å². The molecule has 2 aromatic rings. The SMILES string of the molecule is COc1ccc(Cl)c2ccc(C=C3SC(=S)N(C)C3=O)nc12. The van der Waals surface area contributed by atoms with E-state index in [9.17, 15) is 4.79 Å². The fourth-order valence-electron chi connectivity index (χ4n) is 2.10. The average molecular weight is 351 g/mol. The lowest BCUT2D eigenvalue weighted by atomic mass is 10.2. The van der Waals surface area contributed by atoms with Gasteiger partial charge in [-0.1, -0.05) is 35.6 Å². The van der Waals surface area contributed by atoms with Gasteiger partial charge in [0.25, 0.3) is 5.91 Å². The van der Waals surface area contributed by atoms with Crippen molar-refractivity contribution in [1.82, 2.24) is 9.88 Å². The van der Waals surface area contributed by atoms with Crippen LogP contribution in [0, 0.1) is 0 Å². The fourth-order valence-corrected chi connectivity index (χ4v) is 3.48. The molecule has 2 heterocycles. The molecule has 0 aliphatic carbocycles. The third-order valence-corrected chi connectivity index (χ3v) is 5.09. The van der Waals surface area contributed by atoms with E-state index >= 15 is 0 Å². The van der Waals surface area contributed by atoms with Crippen molar-refractivity contribution in [2.45, 2.75) is 0 Å². The average Bonchev–Trinajstić information content (AvgIpc) is 2.75.